The second-order valence-corrected chi connectivity index (χ2v) is 10.00. The van der Waals surface area contributed by atoms with Crippen LogP contribution >= 0.6 is 0 Å². The molecule has 2 fully saturated rings. The average molecular weight is 295 g/mol. The molecule has 0 amide bonds. The fourth-order valence-electron chi connectivity index (χ4n) is 6.07. The van der Waals surface area contributed by atoms with Gasteiger partial charge in [-0.05, 0) is 55.3 Å². The van der Waals surface area contributed by atoms with Crippen LogP contribution in [0, 0.1) is 22.7 Å². The molecule has 0 radical (unpaired) electrons. The summed E-state index contributed by atoms with van der Waals surface area (Å²) < 4.78 is 0. The van der Waals surface area contributed by atoms with Crippen molar-refractivity contribution in [2.24, 2.45) is 28.4 Å². The van der Waals surface area contributed by atoms with Gasteiger partial charge in [0.1, 0.15) is 0 Å². The molecule has 0 aromatic rings. The SMILES string of the molecule is CC1CC(C)C(C)N(C2(CN)CC(C)(C)CC(C)(C)C2)C1. The standard InChI is InChI=1S/C19H38N2/c1-14-8-15(2)16(3)21(9-14)19(13-20)11-17(4,5)10-18(6,7)12-19/h14-16H,8-13,20H2,1-7H3. The summed E-state index contributed by atoms with van der Waals surface area (Å²) in [6.45, 7) is 19.1. The van der Waals surface area contributed by atoms with Gasteiger partial charge in [0, 0.05) is 24.7 Å². The van der Waals surface area contributed by atoms with Gasteiger partial charge in [-0.15, -0.1) is 0 Å². The number of piperidine rings is 1. The van der Waals surface area contributed by atoms with E-state index in [0.29, 0.717) is 16.9 Å². The topological polar surface area (TPSA) is 29.3 Å². The second kappa shape index (κ2) is 5.53. The van der Waals surface area contributed by atoms with Crippen molar-refractivity contribution in [2.75, 3.05) is 13.1 Å². The first-order chi connectivity index (χ1) is 9.50. The maximum Gasteiger partial charge on any atom is 0.0344 e. The van der Waals surface area contributed by atoms with Crippen molar-refractivity contribution in [2.45, 2.75) is 85.7 Å². The Labute approximate surface area is 132 Å². The highest BCUT2D eigenvalue weighted by atomic mass is 15.3. The first-order valence-electron chi connectivity index (χ1n) is 8.97. The molecule has 21 heavy (non-hydrogen) atoms. The van der Waals surface area contributed by atoms with Crippen LogP contribution in [0.4, 0.5) is 0 Å². The molecule has 0 spiro atoms. The van der Waals surface area contributed by atoms with E-state index in [0.717, 1.165) is 18.4 Å². The Morgan fingerprint density at radius 2 is 1.48 bits per heavy atom. The van der Waals surface area contributed by atoms with Crippen molar-refractivity contribution < 1.29 is 0 Å². The minimum Gasteiger partial charge on any atom is -0.329 e. The summed E-state index contributed by atoms with van der Waals surface area (Å²) in [4.78, 5) is 2.81. The molecule has 3 atom stereocenters. The zero-order valence-electron chi connectivity index (χ0n) is 15.5. The van der Waals surface area contributed by atoms with Gasteiger partial charge in [-0.1, -0.05) is 41.5 Å². The fraction of sp³-hybridized carbons (Fsp3) is 1.00. The number of likely N-dealkylation sites (tertiary alicyclic amines) is 1. The van der Waals surface area contributed by atoms with E-state index in [2.05, 4.69) is 53.4 Å². The van der Waals surface area contributed by atoms with E-state index >= 15 is 0 Å². The van der Waals surface area contributed by atoms with E-state index < -0.39 is 0 Å². The number of hydrogen-bond acceptors (Lipinski definition) is 2. The third-order valence-corrected chi connectivity index (χ3v) is 6.16. The zero-order valence-corrected chi connectivity index (χ0v) is 15.5. The van der Waals surface area contributed by atoms with Gasteiger partial charge < -0.3 is 5.73 Å². The van der Waals surface area contributed by atoms with Crippen molar-refractivity contribution in [1.29, 1.82) is 0 Å². The molecule has 0 bridgehead atoms. The van der Waals surface area contributed by atoms with Crippen LogP contribution in [-0.2, 0) is 0 Å². The molecule has 1 aliphatic carbocycles. The summed E-state index contributed by atoms with van der Waals surface area (Å²) >= 11 is 0. The smallest absolute Gasteiger partial charge is 0.0344 e. The largest absolute Gasteiger partial charge is 0.329 e. The van der Waals surface area contributed by atoms with Gasteiger partial charge in [-0.3, -0.25) is 4.90 Å². The highest BCUT2D eigenvalue weighted by molar-refractivity contribution is 5.07. The van der Waals surface area contributed by atoms with Crippen LogP contribution in [0.1, 0.15) is 74.1 Å². The van der Waals surface area contributed by atoms with Crippen molar-refractivity contribution >= 4 is 0 Å². The number of nitrogens with zero attached hydrogens (tertiary/aromatic N) is 1. The Hall–Kier alpha value is -0.0800. The molecule has 2 nitrogen and oxygen atoms in total. The van der Waals surface area contributed by atoms with E-state index in [9.17, 15) is 0 Å². The number of rotatable bonds is 2. The van der Waals surface area contributed by atoms with Gasteiger partial charge in [0.2, 0.25) is 0 Å². The predicted octanol–water partition coefficient (Wildman–Crippen LogP) is 4.29. The van der Waals surface area contributed by atoms with Gasteiger partial charge >= 0.3 is 0 Å². The molecular weight excluding hydrogens is 256 g/mol. The molecule has 1 saturated heterocycles. The first-order valence-corrected chi connectivity index (χ1v) is 8.97. The molecule has 3 unspecified atom stereocenters. The third-order valence-electron chi connectivity index (χ3n) is 6.16. The van der Waals surface area contributed by atoms with E-state index in [4.69, 9.17) is 5.73 Å². The predicted molar refractivity (Wildman–Crippen MR) is 92.3 cm³/mol. The highest BCUT2D eigenvalue weighted by Crippen LogP contribution is 2.53. The van der Waals surface area contributed by atoms with Gasteiger partial charge in [0.15, 0.2) is 0 Å². The van der Waals surface area contributed by atoms with Crippen LogP contribution in [-0.4, -0.2) is 29.6 Å². The highest BCUT2D eigenvalue weighted by Gasteiger charge is 2.52. The minimum atomic E-state index is 0.202. The van der Waals surface area contributed by atoms with E-state index in [1.165, 1.54) is 32.2 Å². The zero-order chi connectivity index (χ0) is 16.1. The lowest BCUT2D eigenvalue weighted by molar-refractivity contribution is -0.0906. The molecule has 1 heterocycles. The summed E-state index contributed by atoms with van der Waals surface area (Å²) in [6.07, 6.45) is 5.19. The molecule has 2 heteroatoms. The molecule has 2 rings (SSSR count). The van der Waals surface area contributed by atoms with Crippen molar-refractivity contribution in [3.05, 3.63) is 0 Å². The lowest BCUT2D eigenvalue weighted by Crippen LogP contribution is -2.66. The van der Waals surface area contributed by atoms with Gasteiger partial charge in [-0.25, -0.2) is 0 Å². The molecular formula is C19H38N2. The Kier molecular flexibility index (Phi) is 4.55. The Morgan fingerprint density at radius 1 is 0.952 bits per heavy atom. The summed E-state index contributed by atoms with van der Waals surface area (Å²) in [5.41, 5.74) is 7.41. The maximum absolute atomic E-state index is 6.42. The van der Waals surface area contributed by atoms with Gasteiger partial charge in [0.25, 0.3) is 0 Å². The van der Waals surface area contributed by atoms with Crippen LogP contribution in [0.25, 0.3) is 0 Å². The van der Waals surface area contributed by atoms with Crippen LogP contribution < -0.4 is 5.73 Å². The fourth-order valence-corrected chi connectivity index (χ4v) is 6.07. The second-order valence-electron chi connectivity index (χ2n) is 10.00. The van der Waals surface area contributed by atoms with Crippen molar-refractivity contribution in [1.82, 2.24) is 4.90 Å². The maximum atomic E-state index is 6.42. The number of nitrogens with two attached hydrogens (primary N) is 1. The van der Waals surface area contributed by atoms with E-state index in [1.807, 2.05) is 0 Å². The van der Waals surface area contributed by atoms with Crippen LogP contribution in [0.15, 0.2) is 0 Å². The van der Waals surface area contributed by atoms with Gasteiger partial charge in [-0.2, -0.15) is 0 Å². The quantitative estimate of drug-likeness (QED) is 0.823. The van der Waals surface area contributed by atoms with Crippen LogP contribution in [0.3, 0.4) is 0 Å². The molecule has 1 saturated carbocycles. The van der Waals surface area contributed by atoms with Gasteiger partial charge in [0.05, 0.1) is 0 Å². The lowest BCUT2D eigenvalue weighted by Gasteiger charge is -2.60. The molecule has 124 valence electrons. The van der Waals surface area contributed by atoms with Crippen LogP contribution in [0.5, 0.6) is 0 Å². The summed E-state index contributed by atoms with van der Waals surface area (Å²) in [6, 6.07) is 0.662. The molecule has 0 aromatic carbocycles. The van der Waals surface area contributed by atoms with Crippen LogP contribution in [0.2, 0.25) is 0 Å². The van der Waals surface area contributed by atoms with Crippen molar-refractivity contribution in [3.63, 3.8) is 0 Å². The normalized spacial score (nSPS) is 39.1. The molecule has 2 aliphatic rings. The third kappa shape index (κ3) is 3.47. The summed E-state index contributed by atoms with van der Waals surface area (Å²) in [7, 11) is 0. The molecule has 2 N–H and O–H groups in total. The Morgan fingerprint density at radius 3 is 1.95 bits per heavy atom. The summed E-state index contributed by atoms with van der Waals surface area (Å²) in [5.74, 6) is 1.58. The molecule has 1 aliphatic heterocycles. The average Bonchev–Trinajstić information content (AvgIpc) is 2.29. The monoisotopic (exact) mass is 294 g/mol. The molecule has 0 aromatic heterocycles. The Bertz CT molecular complexity index is 356. The lowest BCUT2D eigenvalue weighted by atomic mass is 9.57. The van der Waals surface area contributed by atoms with Crippen molar-refractivity contribution in [3.8, 4) is 0 Å². The van der Waals surface area contributed by atoms with E-state index in [-0.39, 0.29) is 5.54 Å². The minimum absolute atomic E-state index is 0.202. The number of hydrogen-bond donors (Lipinski definition) is 1. The first kappa shape index (κ1) is 17.3. The Balaban J connectivity index is 2.35. The summed E-state index contributed by atoms with van der Waals surface area (Å²) in [5, 5.41) is 0. The van der Waals surface area contributed by atoms with E-state index in [1.54, 1.807) is 0 Å².